The van der Waals surface area contributed by atoms with E-state index >= 15 is 0 Å². The Bertz CT molecular complexity index is 678. The summed E-state index contributed by atoms with van der Waals surface area (Å²) >= 11 is 0. The summed E-state index contributed by atoms with van der Waals surface area (Å²) in [4.78, 5) is 21.7. The molecule has 2 fully saturated rings. The van der Waals surface area contributed by atoms with Gasteiger partial charge in [0, 0.05) is 26.5 Å². The SMILES string of the molecule is COC[C@@]12COC([C@H](n3ccccc3=O)O1)[C@@H]2OP(=O)(O)OC. The second kappa shape index (κ2) is 6.10. The zero-order valence-corrected chi connectivity index (χ0v) is 13.5. The summed E-state index contributed by atoms with van der Waals surface area (Å²) in [5.41, 5.74) is -1.37. The summed E-state index contributed by atoms with van der Waals surface area (Å²) in [6, 6.07) is 4.68. The zero-order valence-electron chi connectivity index (χ0n) is 12.7. The quantitative estimate of drug-likeness (QED) is 0.732. The fourth-order valence-electron chi connectivity index (χ4n) is 2.96. The Hall–Kier alpha value is -1.06. The van der Waals surface area contributed by atoms with Gasteiger partial charge in [0.05, 0.1) is 13.2 Å². The number of pyridine rings is 1. The molecule has 128 valence electrons. The maximum Gasteiger partial charge on any atom is 0.472 e. The number of phosphoric ester groups is 1. The van der Waals surface area contributed by atoms with Crippen molar-refractivity contribution in [2.75, 3.05) is 27.4 Å². The van der Waals surface area contributed by atoms with E-state index in [1.165, 1.54) is 17.7 Å². The zero-order chi connectivity index (χ0) is 16.7. The minimum absolute atomic E-state index is 0.0793. The van der Waals surface area contributed by atoms with E-state index in [1.807, 2.05) is 0 Å². The van der Waals surface area contributed by atoms with Gasteiger partial charge < -0.3 is 19.1 Å². The summed E-state index contributed by atoms with van der Waals surface area (Å²) in [7, 11) is -1.71. The van der Waals surface area contributed by atoms with Gasteiger partial charge in [-0.1, -0.05) is 6.07 Å². The number of aromatic nitrogens is 1. The highest BCUT2D eigenvalue weighted by Crippen LogP contribution is 2.54. The molecule has 2 aliphatic rings. The molecular weight excluding hydrogens is 329 g/mol. The summed E-state index contributed by atoms with van der Waals surface area (Å²) in [5, 5.41) is 0. The highest BCUT2D eigenvalue weighted by molar-refractivity contribution is 7.47. The number of phosphoric acid groups is 1. The number of ether oxygens (including phenoxy) is 3. The molecule has 1 aromatic heterocycles. The van der Waals surface area contributed by atoms with Crippen LogP contribution in [0.4, 0.5) is 0 Å². The molecule has 2 aliphatic heterocycles. The molecule has 2 saturated heterocycles. The van der Waals surface area contributed by atoms with Crippen molar-refractivity contribution in [3.05, 3.63) is 34.7 Å². The van der Waals surface area contributed by atoms with Crippen molar-refractivity contribution in [2.24, 2.45) is 0 Å². The van der Waals surface area contributed by atoms with Gasteiger partial charge in [0.15, 0.2) is 6.23 Å². The molecule has 0 radical (unpaired) electrons. The molecular formula is C13H18NO8P. The Morgan fingerprint density at radius 3 is 2.91 bits per heavy atom. The van der Waals surface area contributed by atoms with Gasteiger partial charge in [-0.2, -0.15) is 0 Å². The van der Waals surface area contributed by atoms with Gasteiger partial charge >= 0.3 is 7.82 Å². The molecule has 0 aliphatic carbocycles. The van der Waals surface area contributed by atoms with Crippen LogP contribution in [0.1, 0.15) is 6.23 Å². The van der Waals surface area contributed by atoms with Crippen molar-refractivity contribution >= 4 is 7.82 Å². The van der Waals surface area contributed by atoms with Gasteiger partial charge in [0.2, 0.25) is 0 Å². The minimum Gasteiger partial charge on any atom is -0.381 e. The molecule has 0 spiro atoms. The lowest BCUT2D eigenvalue weighted by atomic mass is 10.0. The number of fused-ring (bicyclic) bond motifs is 2. The average molecular weight is 347 g/mol. The summed E-state index contributed by atoms with van der Waals surface area (Å²) in [6.45, 7) is 0.202. The van der Waals surface area contributed by atoms with Crippen LogP contribution < -0.4 is 5.56 Å². The number of hydrogen-bond acceptors (Lipinski definition) is 7. The lowest BCUT2D eigenvalue weighted by molar-refractivity contribution is -0.190. The summed E-state index contributed by atoms with van der Waals surface area (Å²) in [6.07, 6.45) is -0.866. The van der Waals surface area contributed by atoms with Crippen LogP contribution in [0.2, 0.25) is 0 Å². The molecule has 3 heterocycles. The van der Waals surface area contributed by atoms with Gasteiger partial charge in [0.25, 0.3) is 5.56 Å². The highest BCUT2D eigenvalue weighted by atomic mass is 31.2. The molecule has 3 rings (SSSR count). The molecule has 2 bridgehead atoms. The van der Waals surface area contributed by atoms with Gasteiger partial charge in [-0.3, -0.25) is 18.4 Å². The van der Waals surface area contributed by atoms with Crippen molar-refractivity contribution in [2.45, 2.75) is 24.0 Å². The predicted octanol–water partition coefficient (Wildman–Crippen LogP) is 0.293. The smallest absolute Gasteiger partial charge is 0.381 e. The second-order valence-corrected chi connectivity index (χ2v) is 6.92. The minimum atomic E-state index is -4.26. The van der Waals surface area contributed by atoms with E-state index in [2.05, 4.69) is 4.52 Å². The van der Waals surface area contributed by atoms with Crippen LogP contribution >= 0.6 is 7.82 Å². The van der Waals surface area contributed by atoms with E-state index in [9.17, 15) is 14.3 Å². The summed E-state index contributed by atoms with van der Waals surface area (Å²) in [5.74, 6) is 0. The van der Waals surface area contributed by atoms with E-state index in [0.29, 0.717) is 0 Å². The van der Waals surface area contributed by atoms with E-state index in [-0.39, 0.29) is 18.8 Å². The van der Waals surface area contributed by atoms with Gasteiger partial charge in [0.1, 0.15) is 17.8 Å². The third kappa shape index (κ3) is 2.89. The molecule has 0 aromatic carbocycles. The van der Waals surface area contributed by atoms with E-state index in [4.69, 9.17) is 18.7 Å². The van der Waals surface area contributed by atoms with Crippen LogP contribution in [0.15, 0.2) is 29.2 Å². The van der Waals surface area contributed by atoms with Crippen molar-refractivity contribution in [3.8, 4) is 0 Å². The maximum atomic E-state index is 12.0. The first-order valence-electron chi connectivity index (χ1n) is 6.95. The lowest BCUT2D eigenvalue weighted by Gasteiger charge is -2.31. The Labute approximate surface area is 132 Å². The number of nitrogens with zero attached hydrogens (tertiary/aromatic N) is 1. The number of methoxy groups -OCH3 is 1. The van der Waals surface area contributed by atoms with Gasteiger partial charge in [-0.25, -0.2) is 4.57 Å². The molecule has 5 atom stereocenters. The lowest BCUT2D eigenvalue weighted by Crippen LogP contribution is -2.45. The second-order valence-electron chi connectivity index (χ2n) is 5.41. The Balaban J connectivity index is 1.95. The monoisotopic (exact) mass is 347 g/mol. The third-order valence-electron chi connectivity index (χ3n) is 3.96. The van der Waals surface area contributed by atoms with E-state index < -0.39 is 31.9 Å². The largest absolute Gasteiger partial charge is 0.472 e. The molecule has 1 aromatic rings. The van der Waals surface area contributed by atoms with Crippen LogP contribution in [0.5, 0.6) is 0 Å². The molecule has 1 N–H and O–H groups in total. The molecule has 23 heavy (non-hydrogen) atoms. The first-order chi connectivity index (χ1) is 10.9. The standard InChI is InChI=1S/C13H18NO8P/c1-18-7-13-8-20-10(11(13)22-23(16,17)19-2)12(21-13)14-6-4-3-5-9(14)15/h3-6,10-12H,7-8H2,1-2H3,(H,16,17)/t10?,11-,12+,13-/m0/s1. The predicted molar refractivity (Wildman–Crippen MR) is 76.9 cm³/mol. The Morgan fingerprint density at radius 1 is 1.48 bits per heavy atom. The van der Waals surface area contributed by atoms with Crippen molar-refractivity contribution < 1.29 is 32.7 Å². The maximum absolute atomic E-state index is 12.0. The fourth-order valence-corrected chi connectivity index (χ4v) is 3.64. The highest BCUT2D eigenvalue weighted by Gasteiger charge is 2.64. The normalized spacial score (nSPS) is 35.3. The Morgan fingerprint density at radius 2 is 2.26 bits per heavy atom. The molecule has 10 heteroatoms. The Kier molecular flexibility index (Phi) is 4.45. The van der Waals surface area contributed by atoms with Crippen LogP contribution in [0.3, 0.4) is 0 Å². The number of hydrogen-bond donors (Lipinski definition) is 1. The van der Waals surface area contributed by atoms with Crippen LogP contribution in [0.25, 0.3) is 0 Å². The third-order valence-corrected chi connectivity index (χ3v) is 4.92. The molecule has 2 unspecified atom stereocenters. The van der Waals surface area contributed by atoms with E-state index in [1.54, 1.807) is 18.3 Å². The molecule has 0 amide bonds. The van der Waals surface area contributed by atoms with Crippen molar-refractivity contribution in [1.82, 2.24) is 4.57 Å². The van der Waals surface area contributed by atoms with Gasteiger partial charge in [-0.05, 0) is 6.07 Å². The first-order valence-corrected chi connectivity index (χ1v) is 8.44. The van der Waals surface area contributed by atoms with Crippen molar-refractivity contribution in [3.63, 3.8) is 0 Å². The first kappa shape index (κ1) is 16.8. The average Bonchev–Trinajstić information content (AvgIpc) is 2.99. The number of rotatable bonds is 6. The van der Waals surface area contributed by atoms with Crippen LogP contribution in [-0.2, 0) is 27.8 Å². The summed E-state index contributed by atoms with van der Waals surface area (Å²) < 4.78 is 39.6. The van der Waals surface area contributed by atoms with Gasteiger partial charge in [-0.15, -0.1) is 0 Å². The van der Waals surface area contributed by atoms with Crippen molar-refractivity contribution in [1.29, 1.82) is 0 Å². The van der Waals surface area contributed by atoms with Crippen LogP contribution in [-0.4, -0.2) is 54.7 Å². The van der Waals surface area contributed by atoms with E-state index in [0.717, 1.165) is 7.11 Å². The molecule has 9 nitrogen and oxygen atoms in total. The molecule has 0 saturated carbocycles. The topological polar surface area (TPSA) is 105 Å². The fraction of sp³-hybridized carbons (Fsp3) is 0.615. The van der Waals surface area contributed by atoms with Crippen LogP contribution in [0, 0.1) is 0 Å².